The zero-order valence-corrected chi connectivity index (χ0v) is 8.20. The highest BCUT2D eigenvalue weighted by molar-refractivity contribution is 5.75. The lowest BCUT2D eigenvalue weighted by Crippen LogP contribution is -1.93. The van der Waals surface area contributed by atoms with Crippen LogP contribution in [0.3, 0.4) is 0 Å². The normalized spacial score (nSPS) is 16.1. The average molecular weight is 185 g/mol. The van der Waals surface area contributed by atoms with Crippen LogP contribution >= 0.6 is 0 Å². The molecule has 1 nitrogen and oxygen atoms in total. The van der Waals surface area contributed by atoms with Crippen LogP contribution in [0.4, 0.5) is 0 Å². The Morgan fingerprint density at radius 2 is 2.14 bits per heavy atom. The topological polar surface area (TPSA) is 20.2 Å². The van der Waals surface area contributed by atoms with Gasteiger partial charge in [0.2, 0.25) is 0 Å². The van der Waals surface area contributed by atoms with Crippen LogP contribution in [0.5, 0.6) is 0 Å². The van der Waals surface area contributed by atoms with Gasteiger partial charge in [-0.15, -0.1) is 0 Å². The van der Waals surface area contributed by atoms with E-state index in [2.05, 4.69) is 31.5 Å². The molecule has 1 radical (unpaired) electrons. The smallest absolute Gasteiger partial charge is 0.111 e. The molecule has 71 valence electrons. The summed E-state index contributed by atoms with van der Waals surface area (Å²) in [6.07, 6.45) is 6.54. The van der Waals surface area contributed by atoms with Crippen molar-refractivity contribution in [3.63, 3.8) is 0 Å². The number of allylic oxidation sites excluding steroid dienone is 3. The van der Waals surface area contributed by atoms with Gasteiger partial charge >= 0.3 is 0 Å². The molecule has 0 bridgehead atoms. The molecule has 0 saturated carbocycles. The highest BCUT2D eigenvalue weighted by Crippen LogP contribution is 2.25. The molecule has 0 fully saturated rings. The third-order valence-corrected chi connectivity index (χ3v) is 2.32. The fourth-order valence-electron chi connectivity index (χ4n) is 1.61. The van der Waals surface area contributed by atoms with Crippen molar-refractivity contribution < 1.29 is 5.11 Å². The molecule has 0 spiro atoms. The first-order chi connectivity index (χ1) is 6.75. The molecular formula is C13H13O. The quantitative estimate of drug-likeness (QED) is 0.710. The Morgan fingerprint density at radius 1 is 1.29 bits per heavy atom. The lowest BCUT2D eigenvalue weighted by Gasteiger charge is -2.11. The van der Waals surface area contributed by atoms with Gasteiger partial charge in [0.05, 0.1) is 0 Å². The van der Waals surface area contributed by atoms with E-state index in [0.29, 0.717) is 5.76 Å². The van der Waals surface area contributed by atoms with E-state index < -0.39 is 0 Å². The molecule has 0 heterocycles. The van der Waals surface area contributed by atoms with E-state index in [9.17, 15) is 5.11 Å². The van der Waals surface area contributed by atoms with Crippen molar-refractivity contribution >= 4 is 5.57 Å². The largest absolute Gasteiger partial charge is 0.508 e. The first kappa shape index (κ1) is 9.07. The van der Waals surface area contributed by atoms with Crippen molar-refractivity contribution in [2.45, 2.75) is 13.3 Å². The molecule has 0 amide bonds. The lowest BCUT2D eigenvalue weighted by atomic mass is 9.96. The van der Waals surface area contributed by atoms with Crippen LogP contribution < -0.4 is 0 Å². The second-order valence-electron chi connectivity index (χ2n) is 3.54. The van der Waals surface area contributed by atoms with E-state index in [0.717, 1.165) is 12.0 Å². The molecule has 2 rings (SSSR count). The molecule has 1 N–H and O–H groups in total. The minimum atomic E-state index is 0.365. The standard InChI is InChI=1S/C13H13O/c1-10-4-2-5-11(8-10)12-6-3-7-13(14)9-12/h2,4-9,14H,3H2,1H3. The zero-order chi connectivity index (χ0) is 9.97. The van der Waals surface area contributed by atoms with Gasteiger partial charge in [-0.3, -0.25) is 0 Å². The molecule has 14 heavy (non-hydrogen) atoms. The molecule has 1 aromatic carbocycles. The fraction of sp³-hybridized carbons (Fsp3) is 0.154. The van der Waals surface area contributed by atoms with Crippen LogP contribution in [0.1, 0.15) is 17.5 Å². The van der Waals surface area contributed by atoms with Crippen molar-refractivity contribution in [3.05, 3.63) is 59.7 Å². The van der Waals surface area contributed by atoms with E-state index in [1.54, 1.807) is 12.2 Å². The van der Waals surface area contributed by atoms with Gasteiger partial charge in [-0.1, -0.05) is 29.8 Å². The molecule has 1 aliphatic carbocycles. The van der Waals surface area contributed by atoms with Crippen molar-refractivity contribution in [1.29, 1.82) is 0 Å². The van der Waals surface area contributed by atoms with Crippen molar-refractivity contribution in [2.75, 3.05) is 0 Å². The maximum Gasteiger partial charge on any atom is 0.111 e. The SMILES string of the molecule is Cc1cccc(C2=CC(O)=CC[CH]2)c1. The van der Waals surface area contributed by atoms with Gasteiger partial charge in [-0.2, -0.15) is 0 Å². The lowest BCUT2D eigenvalue weighted by molar-refractivity contribution is 0.429. The Labute approximate surface area is 84.4 Å². The van der Waals surface area contributed by atoms with Crippen molar-refractivity contribution in [2.24, 2.45) is 0 Å². The Bertz CT molecular complexity index is 399. The van der Waals surface area contributed by atoms with Crippen molar-refractivity contribution in [1.82, 2.24) is 0 Å². The van der Waals surface area contributed by atoms with Crippen LogP contribution in [0.25, 0.3) is 5.57 Å². The summed E-state index contributed by atoms with van der Waals surface area (Å²) in [6, 6.07) is 8.30. The maximum atomic E-state index is 9.37. The summed E-state index contributed by atoms with van der Waals surface area (Å²) < 4.78 is 0. The van der Waals surface area contributed by atoms with Gasteiger partial charge < -0.3 is 5.11 Å². The third-order valence-electron chi connectivity index (χ3n) is 2.32. The minimum absolute atomic E-state index is 0.365. The summed E-state index contributed by atoms with van der Waals surface area (Å²) in [5.74, 6) is 0.365. The Balaban J connectivity index is 2.36. The highest BCUT2D eigenvalue weighted by Gasteiger charge is 2.06. The van der Waals surface area contributed by atoms with Crippen LogP contribution in [0.15, 0.2) is 42.2 Å². The summed E-state index contributed by atoms with van der Waals surface area (Å²) in [4.78, 5) is 0. The van der Waals surface area contributed by atoms with Gasteiger partial charge in [0.1, 0.15) is 5.76 Å². The summed E-state index contributed by atoms with van der Waals surface area (Å²) in [5, 5.41) is 9.37. The molecule has 0 aliphatic heterocycles. The number of aryl methyl sites for hydroxylation is 1. The maximum absolute atomic E-state index is 9.37. The number of benzene rings is 1. The predicted octanol–water partition coefficient (Wildman–Crippen LogP) is 3.43. The fourth-order valence-corrected chi connectivity index (χ4v) is 1.61. The van der Waals surface area contributed by atoms with Gasteiger partial charge in [-0.25, -0.2) is 0 Å². The Kier molecular flexibility index (Phi) is 2.40. The minimum Gasteiger partial charge on any atom is -0.508 e. The van der Waals surface area contributed by atoms with Crippen LogP contribution in [0.2, 0.25) is 0 Å². The predicted molar refractivity (Wildman–Crippen MR) is 58.8 cm³/mol. The molecule has 1 heteroatoms. The van der Waals surface area contributed by atoms with E-state index in [1.807, 2.05) is 6.07 Å². The molecule has 1 aliphatic rings. The number of aliphatic hydroxyl groups is 1. The second-order valence-corrected chi connectivity index (χ2v) is 3.54. The van der Waals surface area contributed by atoms with Crippen LogP contribution in [-0.4, -0.2) is 5.11 Å². The molecule has 0 aromatic heterocycles. The average Bonchev–Trinajstić information content (AvgIpc) is 2.18. The number of aliphatic hydroxyl groups excluding tert-OH is 1. The molecule has 0 unspecified atom stereocenters. The van der Waals surface area contributed by atoms with Crippen molar-refractivity contribution in [3.8, 4) is 0 Å². The number of hydrogen-bond acceptors (Lipinski definition) is 1. The molecular weight excluding hydrogens is 172 g/mol. The highest BCUT2D eigenvalue weighted by atomic mass is 16.3. The van der Waals surface area contributed by atoms with E-state index in [4.69, 9.17) is 0 Å². The first-order valence-corrected chi connectivity index (χ1v) is 4.77. The van der Waals surface area contributed by atoms with Gasteiger partial charge in [-0.05, 0) is 43.1 Å². The van der Waals surface area contributed by atoms with E-state index >= 15 is 0 Å². The van der Waals surface area contributed by atoms with Gasteiger partial charge in [0, 0.05) is 0 Å². The number of rotatable bonds is 1. The molecule has 0 saturated heterocycles. The number of hydrogen-bond donors (Lipinski definition) is 1. The Morgan fingerprint density at radius 3 is 2.86 bits per heavy atom. The van der Waals surface area contributed by atoms with Crippen LogP contribution in [-0.2, 0) is 0 Å². The van der Waals surface area contributed by atoms with Gasteiger partial charge in [0.15, 0.2) is 0 Å². The Hall–Kier alpha value is -1.50. The first-order valence-electron chi connectivity index (χ1n) is 4.77. The summed E-state index contributed by atoms with van der Waals surface area (Å²) >= 11 is 0. The monoisotopic (exact) mass is 185 g/mol. The second kappa shape index (κ2) is 3.70. The van der Waals surface area contributed by atoms with Crippen LogP contribution in [0, 0.1) is 13.3 Å². The third kappa shape index (κ3) is 1.87. The van der Waals surface area contributed by atoms with E-state index in [1.165, 1.54) is 11.1 Å². The summed E-state index contributed by atoms with van der Waals surface area (Å²) in [5.41, 5.74) is 3.52. The van der Waals surface area contributed by atoms with Gasteiger partial charge in [0.25, 0.3) is 0 Å². The zero-order valence-electron chi connectivity index (χ0n) is 8.20. The molecule has 1 aromatic rings. The van der Waals surface area contributed by atoms with E-state index in [-0.39, 0.29) is 0 Å². The molecule has 0 atom stereocenters. The summed E-state index contributed by atoms with van der Waals surface area (Å²) in [7, 11) is 0. The summed E-state index contributed by atoms with van der Waals surface area (Å²) in [6.45, 7) is 2.07.